The minimum absolute atomic E-state index is 0.800. The van der Waals surface area contributed by atoms with Crippen LogP contribution in [0.25, 0.3) is 0 Å². The number of anilines is 1. The van der Waals surface area contributed by atoms with Crippen molar-refractivity contribution in [3.8, 4) is 0 Å². The van der Waals surface area contributed by atoms with Crippen molar-refractivity contribution in [1.29, 1.82) is 0 Å². The molecule has 0 fully saturated rings. The van der Waals surface area contributed by atoms with E-state index in [4.69, 9.17) is 12.2 Å². The summed E-state index contributed by atoms with van der Waals surface area (Å²) in [6.45, 7) is 7.11. The molecule has 130 valence electrons. The lowest BCUT2D eigenvalue weighted by atomic mass is 10.1. The summed E-state index contributed by atoms with van der Waals surface area (Å²) in [7, 11) is 4.21. The maximum Gasteiger partial charge on any atom is 0.173 e. The Morgan fingerprint density at radius 3 is 2.58 bits per heavy atom. The number of hydrogen-bond acceptors (Lipinski definition) is 3. The monoisotopic (exact) mass is 361 g/mol. The van der Waals surface area contributed by atoms with Gasteiger partial charge in [-0.3, -0.25) is 0 Å². The van der Waals surface area contributed by atoms with Gasteiger partial charge < -0.3 is 15.1 Å². The molecule has 0 aliphatic rings. The molecule has 0 radical (unpaired) electrons. The van der Waals surface area contributed by atoms with Crippen molar-refractivity contribution in [2.45, 2.75) is 26.8 Å². The second-order valence-electron chi connectivity index (χ2n) is 6.41. The van der Waals surface area contributed by atoms with Crippen LogP contribution in [0.1, 0.15) is 22.4 Å². The van der Waals surface area contributed by atoms with Crippen LogP contribution in [0.2, 0.25) is 0 Å². The van der Waals surface area contributed by atoms with Gasteiger partial charge in [-0.2, -0.15) is 0 Å². The highest BCUT2D eigenvalue weighted by Gasteiger charge is 2.12. The second kappa shape index (κ2) is 9.16. The van der Waals surface area contributed by atoms with E-state index >= 15 is 0 Å². The van der Waals surface area contributed by atoms with Crippen LogP contribution in [0, 0.1) is 13.8 Å². The van der Waals surface area contributed by atoms with Gasteiger partial charge in [-0.15, -0.1) is 11.3 Å². The lowest BCUT2D eigenvalue weighted by molar-refractivity contribution is 0.347. The van der Waals surface area contributed by atoms with Crippen molar-refractivity contribution in [1.82, 2.24) is 9.80 Å². The molecule has 0 atom stereocenters. The maximum absolute atomic E-state index is 5.71. The summed E-state index contributed by atoms with van der Waals surface area (Å²) >= 11 is 7.49. The van der Waals surface area contributed by atoms with Crippen LogP contribution in [0.3, 0.4) is 0 Å². The van der Waals surface area contributed by atoms with Crippen molar-refractivity contribution in [3.05, 3.63) is 51.7 Å². The summed E-state index contributed by atoms with van der Waals surface area (Å²) in [6.07, 6.45) is 1.09. The highest BCUT2D eigenvalue weighted by Crippen LogP contribution is 2.18. The molecule has 1 aromatic carbocycles. The molecular weight excluding hydrogens is 334 g/mol. The molecule has 0 unspecified atom stereocenters. The zero-order chi connectivity index (χ0) is 17.5. The standard InChI is InChI=1S/C19H27N3S2/c1-15-8-9-18(16(2)13-15)20-19(23)22(11-6-10-21(3)4)14-17-7-5-12-24-17/h5,7-9,12-13H,6,10-11,14H2,1-4H3,(H,20,23). The van der Waals surface area contributed by atoms with Crippen molar-refractivity contribution in [2.75, 3.05) is 32.5 Å². The third-order valence-electron chi connectivity index (χ3n) is 3.87. The minimum Gasteiger partial charge on any atom is -0.344 e. The lowest BCUT2D eigenvalue weighted by Crippen LogP contribution is -2.36. The highest BCUT2D eigenvalue weighted by atomic mass is 32.1. The van der Waals surface area contributed by atoms with Gasteiger partial charge >= 0.3 is 0 Å². The molecule has 2 aromatic rings. The first kappa shape index (κ1) is 18.9. The molecule has 0 bridgehead atoms. The van der Waals surface area contributed by atoms with E-state index in [1.807, 2.05) is 0 Å². The predicted molar refractivity (Wildman–Crippen MR) is 110 cm³/mol. The molecule has 1 heterocycles. The number of thiocarbonyl (C=S) groups is 1. The smallest absolute Gasteiger partial charge is 0.173 e. The van der Waals surface area contributed by atoms with Crippen LogP contribution in [-0.4, -0.2) is 42.1 Å². The molecule has 24 heavy (non-hydrogen) atoms. The van der Waals surface area contributed by atoms with Crippen molar-refractivity contribution in [2.24, 2.45) is 0 Å². The molecule has 3 nitrogen and oxygen atoms in total. The summed E-state index contributed by atoms with van der Waals surface area (Å²) in [4.78, 5) is 5.82. The molecule has 0 aliphatic carbocycles. The Morgan fingerprint density at radius 2 is 1.96 bits per heavy atom. The van der Waals surface area contributed by atoms with E-state index in [0.29, 0.717) is 0 Å². The van der Waals surface area contributed by atoms with E-state index in [1.54, 1.807) is 11.3 Å². The number of thiophene rings is 1. The quantitative estimate of drug-likeness (QED) is 0.731. The fourth-order valence-electron chi connectivity index (χ4n) is 2.57. The number of rotatable bonds is 7. The topological polar surface area (TPSA) is 18.5 Å². The summed E-state index contributed by atoms with van der Waals surface area (Å²) in [5.41, 5.74) is 3.58. The van der Waals surface area contributed by atoms with E-state index in [-0.39, 0.29) is 0 Å². The van der Waals surface area contributed by atoms with Gasteiger partial charge in [0.25, 0.3) is 0 Å². The van der Waals surface area contributed by atoms with Crippen molar-refractivity contribution < 1.29 is 0 Å². The molecular formula is C19H27N3S2. The summed E-state index contributed by atoms with van der Waals surface area (Å²) in [5.74, 6) is 0. The molecule has 0 aliphatic heterocycles. The number of benzene rings is 1. The normalized spacial score (nSPS) is 10.9. The summed E-state index contributed by atoms with van der Waals surface area (Å²) < 4.78 is 0. The van der Waals surface area contributed by atoms with Gasteiger partial charge in [0.1, 0.15) is 0 Å². The number of aryl methyl sites for hydroxylation is 2. The Morgan fingerprint density at radius 1 is 1.17 bits per heavy atom. The van der Waals surface area contributed by atoms with Crippen LogP contribution in [0.15, 0.2) is 35.7 Å². The minimum atomic E-state index is 0.800. The Labute approximate surface area is 155 Å². The maximum atomic E-state index is 5.71. The molecule has 5 heteroatoms. The molecule has 0 saturated heterocycles. The molecule has 2 rings (SSSR count). The largest absolute Gasteiger partial charge is 0.344 e. The lowest BCUT2D eigenvalue weighted by Gasteiger charge is -2.26. The first-order chi connectivity index (χ1) is 11.5. The molecule has 1 N–H and O–H groups in total. The van der Waals surface area contributed by atoms with Gasteiger partial charge in [-0.1, -0.05) is 23.8 Å². The number of hydrogen-bond donors (Lipinski definition) is 1. The summed E-state index contributed by atoms with van der Waals surface area (Å²) in [5, 5.41) is 6.36. The molecule has 0 saturated carbocycles. The molecule has 0 spiro atoms. The van der Waals surface area contributed by atoms with Gasteiger partial charge in [0.2, 0.25) is 0 Å². The second-order valence-corrected chi connectivity index (χ2v) is 7.83. The number of nitrogens with zero attached hydrogens (tertiary/aromatic N) is 2. The first-order valence-electron chi connectivity index (χ1n) is 8.26. The first-order valence-corrected chi connectivity index (χ1v) is 9.55. The van der Waals surface area contributed by atoms with Crippen molar-refractivity contribution in [3.63, 3.8) is 0 Å². The number of nitrogens with one attached hydrogen (secondary N) is 1. The van der Waals surface area contributed by atoms with Crippen LogP contribution in [0.5, 0.6) is 0 Å². The van der Waals surface area contributed by atoms with Crippen molar-refractivity contribution >= 4 is 34.4 Å². The Bertz CT molecular complexity index is 651. The highest BCUT2D eigenvalue weighted by molar-refractivity contribution is 7.80. The summed E-state index contributed by atoms with van der Waals surface area (Å²) in [6, 6.07) is 10.7. The zero-order valence-corrected chi connectivity index (χ0v) is 16.6. The Balaban J connectivity index is 2.04. The van der Waals surface area contributed by atoms with E-state index in [9.17, 15) is 0 Å². The Hall–Kier alpha value is -1.43. The molecule has 0 amide bonds. The average Bonchev–Trinajstić information content (AvgIpc) is 3.01. The van der Waals surface area contributed by atoms with Crippen LogP contribution in [-0.2, 0) is 6.54 Å². The van der Waals surface area contributed by atoms with Gasteiger partial charge in [-0.25, -0.2) is 0 Å². The third kappa shape index (κ3) is 5.89. The SMILES string of the molecule is Cc1ccc(NC(=S)N(CCCN(C)C)Cc2cccs2)c(C)c1. The van der Waals surface area contributed by atoms with Gasteiger partial charge in [0.05, 0.1) is 6.54 Å². The van der Waals surface area contributed by atoms with E-state index in [0.717, 1.165) is 36.9 Å². The zero-order valence-electron chi connectivity index (χ0n) is 15.0. The fraction of sp³-hybridized carbons (Fsp3) is 0.421. The Kier molecular flexibility index (Phi) is 7.21. The third-order valence-corrected chi connectivity index (χ3v) is 5.09. The average molecular weight is 362 g/mol. The van der Waals surface area contributed by atoms with E-state index in [2.05, 4.69) is 78.8 Å². The van der Waals surface area contributed by atoms with Gasteiger partial charge in [0.15, 0.2) is 5.11 Å². The predicted octanol–water partition coefficient (Wildman–Crippen LogP) is 4.52. The van der Waals surface area contributed by atoms with Gasteiger partial charge in [-0.05, 0) is 76.2 Å². The van der Waals surface area contributed by atoms with E-state index in [1.165, 1.54) is 16.0 Å². The van der Waals surface area contributed by atoms with Crippen LogP contribution < -0.4 is 5.32 Å². The van der Waals surface area contributed by atoms with Crippen LogP contribution in [0.4, 0.5) is 5.69 Å². The van der Waals surface area contributed by atoms with Gasteiger partial charge in [0, 0.05) is 17.1 Å². The molecule has 1 aromatic heterocycles. The van der Waals surface area contributed by atoms with Crippen LogP contribution >= 0.6 is 23.6 Å². The van der Waals surface area contributed by atoms with E-state index < -0.39 is 0 Å². The fourth-order valence-corrected chi connectivity index (χ4v) is 3.55.